The van der Waals surface area contributed by atoms with Crippen LogP contribution in [0.4, 0.5) is 0 Å². The van der Waals surface area contributed by atoms with E-state index in [1.165, 1.54) is 22.1 Å². The number of carbonyl (C=O) groups is 3. The van der Waals surface area contributed by atoms with Crippen LogP contribution in [0.1, 0.15) is 73.3 Å². The maximum Gasteiger partial charge on any atom is 0.272 e. The Balaban J connectivity index is 1.79. The molecule has 1 saturated carbocycles. The molecule has 0 spiro atoms. The van der Waals surface area contributed by atoms with Crippen molar-refractivity contribution in [2.45, 2.75) is 70.5 Å². The van der Waals surface area contributed by atoms with Crippen LogP contribution in [-0.4, -0.2) is 57.6 Å². The Morgan fingerprint density at radius 3 is 2.67 bits per heavy atom. The number of likely N-dealkylation sites (N-methyl/N-ethyl adjacent to an activating group) is 1. The van der Waals surface area contributed by atoms with Crippen LogP contribution < -0.4 is 10.6 Å². The highest BCUT2D eigenvalue weighted by Gasteiger charge is 2.46. The Kier molecular flexibility index (Phi) is 5.53. The standard InChI is InChI=1S/C19H29N5O3/c1-4-10-20-16(25)14-11-15-17(26)23(3)19(2,12-24(15)22-14)18(27)21-13-8-6-5-7-9-13/h11,13H,4-10,12H2,1-3H3,(H,20,25)(H,21,27)/t19-/m1/s1. The Morgan fingerprint density at radius 1 is 1.30 bits per heavy atom. The molecule has 1 fully saturated rings. The summed E-state index contributed by atoms with van der Waals surface area (Å²) in [7, 11) is 1.64. The van der Waals surface area contributed by atoms with E-state index in [4.69, 9.17) is 0 Å². The van der Waals surface area contributed by atoms with Crippen LogP contribution in [0.5, 0.6) is 0 Å². The number of aromatic nitrogens is 2. The number of nitrogens with one attached hydrogen (secondary N) is 2. The van der Waals surface area contributed by atoms with Crippen molar-refractivity contribution in [3.05, 3.63) is 17.5 Å². The topological polar surface area (TPSA) is 96.3 Å². The average Bonchev–Trinajstić information content (AvgIpc) is 3.09. The zero-order chi connectivity index (χ0) is 19.6. The SMILES string of the molecule is CCCNC(=O)c1cc2n(n1)C[C@](C)(C(=O)NC1CCCCC1)N(C)C2=O. The smallest absolute Gasteiger partial charge is 0.272 e. The Morgan fingerprint density at radius 2 is 2.00 bits per heavy atom. The first-order valence-corrected chi connectivity index (χ1v) is 9.82. The van der Waals surface area contributed by atoms with Crippen molar-refractivity contribution in [1.82, 2.24) is 25.3 Å². The van der Waals surface area contributed by atoms with E-state index in [1.54, 1.807) is 14.0 Å². The van der Waals surface area contributed by atoms with Gasteiger partial charge in [0.25, 0.3) is 11.8 Å². The van der Waals surface area contributed by atoms with Gasteiger partial charge in [-0.1, -0.05) is 26.2 Å². The third-order valence-electron chi connectivity index (χ3n) is 5.70. The molecule has 0 bridgehead atoms. The van der Waals surface area contributed by atoms with Crippen LogP contribution in [0.2, 0.25) is 0 Å². The van der Waals surface area contributed by atoms with E-state index in [0.29, 0.717) is 12.2 Å². The number of hydrogen-bond donors (Lipinski definition) is 2. The normalized spacial score (nSPS) is 23.1. The van der Waals surface area contributed by atoms with Crippen LogP contribution in [0.3, 0.4) is 0 Å². The Hall–Kier alpha value is -2.38. The molecule has 2 N–H and O–H groups in total. The summed E-state index contributed by atoms with van der Waals surface area (Å²) < 4.78 is 1.49. The molecule has 2 aliphatic rings. The molecule has 1 aromatic rings. The van der Waals surface area contributed by atoms with Gasteiger partial charge in [0, 0.05) is 25.7 Å². The van der Waals surface area contributed by atoms with Crippen molar-refractivity contribution in [3.63, 3.8) is 0 Å². The molecule has 1 aliphatic carbocycles. The summed E-state index contributed by atoms with van der Waals surface area (Å²) in [4.78, 5) is 39.5. The molecule has 1 atom stereocenters. The highest BCUT2D eigenvalue weighted by molar-refractivity contribution is 6.01. The largest absolute Gasteiger partial charge is 0.351 e. The van der Waals surface area contributed by atoms with E-state index < -0.39 is 5.54 Å². The molecule has 0 aromatic carbocycles. The van der Waals surface area contributed by atoms with Gasteiger partial charge in [0.15, 0.2) is 5.69 Å². The summed E-state index contributed by atoms with van der Waals surface area (Å²) in [5.41, 5.74) is -0.496. The van der Waals surface area contributed by atoms with Gasteiger partial charge in [0.1, 0.15) is 11.2 Å². The maximum absolute atomic E-state index is 13.0. The van der Waals surface area contributed by atoms with Gasteiger partial charge in [-0.2, -0.15) is 5.10 Å². The summed E-state index contributed by atoms with van der Waals surface area (Å²) in [5.74, 6) is -0.768. The van der Waals surface area contributed by atoms with E-state index in [-0.39, 0.29) is 36.0 Å². The molecular formula is C19H29N5O3. The summed E-state index contributed by atoms with van der Waals surface area (Å²) >= 11 is 0. The molecule has 148 valence electrons. The van der Waals surface area contributed by atoms with E-state index >= 15 is 0 Å². The summed E-state index contributed by atoms with van der Waals surface area (Å²) in [6, 6.07) is 1.67. The van der Waals surface area contributed by atoms with Gasteiger partial charge < -0.3 is 15.5 Å². The number of rotatable bonds is 5. The molecule has 0 radical (unpaired) electrons. The number of fused-ring (bicyclic) bond motifs is 1. The molecule has 3 amide bonds. The number of amides is 3. The molecule has 1 aliphatic heterocycles. The van der Waals surface area contributed by atoms with E-state index in [9.17, 15) is 14.4 Å². The van der Waals surface area contributed by atoms with Gasteiger partial charge in [-0.15, -0.1) is 0 Å². The van der Waals surface area contributed by atoms with Crippen molar-refractivity contribution in [2.24, 2.45) is 0 Å². The molecule has 1 aromatic heterocycles. The first-order chi connectivity index (χ1) is 12.9. The van der Waals surface area contributed by atoms with Crippen molar-refractivity contribution in [1.29, 1.82) is 0 Å². The van der Waals surface area contributed by atoms with Gasteiger partial charge in [-0.05, 0) is 26.2 Å². The van der Waals surface area contributed by atoms with Gasteiger partial charge in [-0.3, -0.25) is 19.1 Å². The van der Waals surface area contributed by atoms with Gasteiger partial charge in [-0.25, -0.2) is 0 Å². The predicted molar refractivity (Wildman–Crippen MR) is 100 cm³/mol. The lowest BCUT2D eigenvalue weighted by molar-refractivity contribution is -0.133. The van der Waals surface area contributed by atoms with Crippen molar-refractivity contribution < 1.29 is 14.4 Å². The Labute approximate surface area is 159 Å². The lowest BCUT2D eigenvalue weighted by atomic mass is 9.92. The highest BCUT2D eigenvalue weighted by atomic mass is 16.2. The zero-order valence-electron chi connectivity index (χ0n) is 16.4. The molecule has 0 unspecified atom stereocenters. The van der Waals surface area contributed by atoms with E-state index in [1.807, 2.05) is 6.92 Å². The third-order valence-corrected chi connectivity index (χ3v) is 5.70. The van der Waals surface area contributed by atoms with Crippen LogP contribution >= 0.6 is 0 Å². The molecular weight excluding hydrogens is 346 g/mol. The first-order valence-electron chi connectivity index (χ1n) is 9.82. The van der Waals surface area contributed by atoms with Crippen LogP contribution in [0, 0.1) is 0 Å². The second-order valence-corrected chi connectivity index (χ2v) is 7.77. The van der Waals surface area contributed by atoms with Crippen molar-refractivity contribution in [2.75, 3.05) is 13.6 Å². The van der Waals surface area contributed by atoms with E-state index in [2.05, 4.69) is 15.7 Å². The van der Waals surface area contributed by atoms with Gasteiger partial charge >= 0.3 is 0 Å². The first kappa shape index (κ1) is 19.4. The molecule has 27 heavy (non-hydrogen) atoms. The zero-order valence-corrected chi connectivity index (χ0v) is 16.4. The molecule has 2 heterocycles. The predicted octanol–water partition coefficient (Wildman–Crippen LogP) is 1.32. The summed E-state index contributed by atoms with van der Waals surface area (Å²) in [6.45, 7) is 4.50. The van der Waals surface area contributed by atoms with Crippen LogP contribution in [0.25, 0.3) is 0 Å². The fourth-order valence-corrected chi connectivity index (χ4v) is 3.76. The average molecular weight is 375 g/mol. The highest BCUT2D eigenvalue weighted by Crippen LogP contribution is 2.27. The maximum atomic E-state index is 13.0. The van der Waals surface area contributed by atoms with Gasteiger partial charge in [0.05, 0.1) is 6.54 Å². The lowest BCUT2D eigenvalue weighted by Gasteiger charge is -2.41. The Bertz CT molecular complexity index is 738. The second-order valence-electron chi connectivity index (χ2n) is 7.77. The third kappa shape index (κ3) is 3.70. The quantitative estimate of drug-likeness (QED) is 0.811. The lowest BCUT2D eigenvalue weighted by Crippen LogP contribution is -2.63. The number of nitrogens with zero attached hydrogens (tertiary/aromatic N) is 3. The minimum atomic E-state index is -1.04. The fraction of sp³-hybridized carbons (Fsp3) is 0.684. The minimum Gasteiger partial charge on any atom is -0.351 e. The van der Waals surface area contributed by atoms with Gasteiger partial charge in [0.2, 0.25) is 5.91 Å². The molecule has 3 rings (SSSR count). The number of hydrogen-bond acceptors (Lipinski definition) is 4. The summed E-state index contributed by atoms with van der Waals surface area (Å²) in [6.07, 6.45) is 6.23. The number of carbonyl (C=O) groups excluding carboxylic acids is 3. The molecule has 8 heteroatoms. The molecule has 8 nitrogen and oxygen atoms in total. The molecule has 0 saturated heterocycles. The van der Waals surface area contributed by atoms with Crippen molar-refractivity contribution >= 4 is 17.7 Å². The second kappa shape index (κ2) is 7.70. The summed E-state index contributed by atoms with van der Waals surface area (Å²) in [5, 5.41) is 10.2. The van der Waals surface area contributed by atoms with Crippen molar-refractivity contribution in [3.8, 4) is 0 Å². The van der Waals surface area contributed by atoms with Crippen LogP contribution in [-0.2, 0) is 11.3 Å². The van der Waals surface area contributed by atoms with Crippen LogP contribution in [0.15, 0.2) is 6.07 Å². The fourth-order valence-electron chi connectivity index (χ4n) is 3.76. The monoisotopic (exact) mass is 375 g/mol. The van der Waals surface area contributed by atoms with E-state index in [0.717, 1.165) is 32.1 Å². The minimum absolute atomic E-state index is 0.164.